The van der Waals surface area contributed by atoms with Crippen molar-refractivity contribution in [3.8, 4) is 0 Å². The Hall–Kier alpha value is -2.07. The van der Waals surface area contributed by atoms with E-state index in [1.165, 1.54) is 6.07 Å². The molecule has 18 heavy (non-hydrogen) atoms. The van der Waals surface area contributed by atoms with Gasteiger partial charge in [0.2, 0.25) is 0 Å². The first-order valence-electron chi connectivity index (χ1n) is 5.28. The zero-order chi connectivity index (χ0) is 13.1. The zero-order valence-electron chi connectivity index (χ0n) is 9.43. The van der Waals surface area contributed by atoms with Gasteiger partial charge in [-0.2, -0.15) is 0 Å². The van der Waals surface area contributed by atoms with Crippen LogP contribution in [0.3, 0.4) is 0 Å². The summed E-state index contributed by atoms with van der Waals surface area (Å²) < 4.78 is 0. The van der Waals surface area contributed by atoms with Gasteiger partial charge in [-0.05, 0) is 35.9 Å². The highest BCUT2D eigenvalue weighted by atomic mass is 35.5. The van der Waals surface area contributed by atoms with E-state index in [-0.39, 0.29) is 5.56 Å². The van der Waals surface area contributed by atoms with E-state index in [2.05, 4.69) is 4.98 Å². The quantitative estimate of drug-likeness (QED) is 0.834. The van der Waals surface area contributed by atoms with Gasteiger partial charge in [0.05, 0.1) is 10.6 Å². The number of nitrogens with two attached hydrogens (primary N) is 1. The molecule has 2 aromatic rings. The van der Waals surface area contributed by atoms with Crippen molar-refractivity contribution in [2.45, 2.75) is 6.42 Å². The Balaban J connectivity index is 2.28. The molecular weight excluding hydrogens is 252 g/mol. The molecule has 3 N–H and O–H groups in total. The molecule has 0 aliphatic carbocycles. The van der Waals surface area contributed by atoms with Crippen LogP contribution in [0.2, 0.25) is 5.02 Å². The van der Waals surface area contributed by atoms with E-state index in [9.17, 15) is 4.79 Å². The summed E-state index contributed by atoms with van der Waals surface area (Å²) in [6, 6.07) is 8.30. The fourth-order valence-electron chi connectivity index (χ4n) is 1.66. The van der Waals surface area contributed by atoms with E-state index < -0.39 is 5.97 Å². The van der Waals surface area contributed by atoms with E-state index in [0.29, 0.717) is 17.1 Å². The number of pyridine rings is 1. The number of nitrogen functional groups attached to an aromatic ring is 1. The number of hydrogen-bond acceptors (Lipinski definition) is 3. The summed E-state index contributed by atoms with van der Waals surface area (Å²) in [4.78, 5) is 15.1. The summed E-state index contributed by atoms with van der Waals surface area (Å²) in [6.07, 6.45) is 2.07. The van der Waals surface area contributed by atoms with Gasteiger partial charge in [-0.3, -0.25) is 4.98 Å². The van der Waals surface area contributed by atoms with Crippen LogP contribution in [0, 0.1) is 0 Å². The van der Waals surface area contributed by atoms with E-state index in [0.717, 1.165) is 11.3 Å². The van der Waals surface area contributed by atoms with Gasteiger partial charge in [-0.1, -0.05) is 11.6 Å². The van der Waals surface area contributed by atoms with E-state index in [1.54, 1.807) is 30.5 Å². The minimum Gasteiger partial charge on any atom is -0.478 e. The minimum absolute atomic E-state index is 0.180. The molecule has 92 valence electrons. The molecule has 1 heterocycles. The molecule has 0 amide bonds. The van der Waals surface area contributed by atoms with Crippen LogP contribution in [0.4, 0.5) is 5.69 Å². The molecule has 0 aliphatic rings. The van der Waals surface area contributed by atoms with Crippen molar-refractivity contribution in [1.29, 1.82) is 0 Å². The first kappa shape index (κ1) is 12.4. The van der Waals surface area contributed by atoms with E-state index >= 15 is 0 Å². The summed E-state index contributed by atoms with van der Waals surface area (Å²) in [5.74, 6) is -0.993. The minimum atomic E-state index is -0.993. The molecule has 0 unspecified atom stereocenters. The number of carboxylic acid groups (broad SMARTS) is 1. The van der Waals surface area contributed by atoms with Crippen LogP contribution in [-0.4, -0.2) is 16.1 Å². The Bertz CT molecular complexity index is 582. The molecule has 1 aromatic carbocycles. The first-order chi connectivity index (χ1) is 8.54. The Morgan fingerprint density at radius 2 is 2.11 bits per heavy atom. The predicted octanol–water partition coefficient (Wildman–Crippen LogP) is 2.61. The highest BCUT2D eigenvalue weighted by molar-refractivity contribution is 6.30. The second-order valence-corrected chi connectivity index (χ2v) is 4.35. The molecule has 0 saturated heterocycles. The average Bonchev–Trinajstić information content (AvgIpc) is 2.31. The third kappa shape index (κ3) is 2.99. The number of halogens is 1. The number of hydrogen-bond donors (Lipinski definition) is 2. The highest BCUT2D eigenvalue weighted by Gasteiger charge is 2.06. The van der Waals surface area contributed by atoms with Crippen molar-refractivity contribution in [1.82, 2.24) is 4.98 Å². The average molecular weight is 263 g/mol. The predicted molar refractivity (Wildman–Crippen MR) is 69.9 cm³/mol. The maximum Gasteiger partial charge on any atom is 0.335 e. The molecule has 0 bridgehead atoms. The topological polar surface area (TPSA) is 76.2 Å². The van der Waals surface area contributed by atoms with E-state index in [1.807, 2.05) is 0 Å². The summed E-state index contributed by atoms with van der Waals surface area (Å²) in [6.45, 7) is 0. The lowest BCUT2D eigenvalue weighted by molar-refractivity contribution is 0.0697. The molecule has 2 rings (SSSR count). The highest BCUT2D eigenvalue weighted by Crippen LogP contribution is 2.16. The number of benzene rings is 1. The van der Waals surface area contributed by atoms with Crippen LogP contribution in [0.15, 0.2) is 36.5 Å². The number of rotatable bonds is 3. The third-order valence-corrected chi connectivity index (χ3v) is 2.66. The maximum absolute atomic E-state index is 10.9. The number of anilines is 1. The Kier molecular flexibility index (Phi) is 3.48. The fourth-order valence-corrected chi connectivity index (χ4v) is 1.78. The fraction of sp³-hybridized carbons (Fsp3) is 0.0769. The van der Waals surface area contributed by atoms with Crippen molar-refractivity contribution in [3.05, 3.63) is 58.4 Å². The lowest BCUT2D eigenvalue weighted by Gasteiger charge is -2.05. The SMILES string of the molecule is Nc1cc(Cc2ccc(Cl)cn2)cc(C(=O)O)c1. The monoisotopic (exact) mass is 262 g/mol. The number of carboxylic acids is 1. The summed E-state index contributed by atoms with van der Waals surface area (Å²) in [5.41, 5.74) is 7.89. The number of aromatic nitrogens is 1. The number of nitrogens with zero attached hydrogens (tertiary/aromatic N) is 1. The van der Waals surface area contributed by atoms with Gasteiger partial charge in [0.25, 0.3) is 0 Å². The van der Waals surface area contributed by atoms with Crippen LogP contribution >= 0.6 is 11.6 Å². The second kappa shape index (κ2) is 5.06. The van der Waals surface area contributed by atoms with Crippen LogP contribution in [0.1, 0.15) is 21.6 Å². The maximum atomic E-state index is 10.9. The molecule has 0 saturated carbocycles. The molecular formula is C13H11ClN2O2. The van der Waals surface area contributed by atoms with Crippen LogP contribution in [0.5, 0.6) is 0 Å². The molecule has 0 atom stereocenters. The molecule has 0 spiro atoms. The first-order valence-corrected chi connectivity index (χ1v) is 5.65. The van der Waals surface area contributed by atoms with Gasteiger partial charge in [-0.25, -0.2) is 4.79 Å². The lowest BCUT2D eigenvalue weighted by atomic mass is 10.0. The molecule has 0 aliphatic heterocycles. The van der Waals surface area contributed by atoms with Crippen LogP contribution in [0.25, 0.3) is 0 Å². The number of aromatic carboxylic acids is 1. The summed E-state index contributed by atoms with van der Waals surface area (Å²) in [7, 11) is 0. The van der Waals surface area contributed by atoms with Gasteiger partial charge in [0, 0.05) is 24.0 Å². The molecule has 5 heteroatoms. The van der Waals surface area contributed by atoms with Gasteiger partial charge >= 0.3 is 5.97 Å². The van der Waals surface area contributed by atoms with Gasteiger partial charge in [0.1, 0.15) is 0 Å². The summed E-state index contributed by atoms with van der Waals surface area (Å²) in [5, 5.41) is 9.51. The summed E-state index contributed by atoms with van der Waals surface area (Å²) >= 11 is 5.75. The molecule has 4 nitrogen and oxygen atoms in total. The van der Waals surface area contributed by atoms with Gasteiger partial charge in [0.15, 0.2) is 0 Å². The Morgan fingerprint density at radius 1 is 1.33 bits per heavy atom. The van der Waals surface area contributed by atoms with Crippen molar-refractivity contribution in [2.24, 2.45) is 0 Å². The standard InChI is InChI=1S/C13H11ClN2O2/c14-10-1-2-12(16-7-10)5-8-3-9(13(17)18)6-11(15)4-8/h1-4,6-7H,5,15H2,(H,17,18). The molecule has 1 aromatic heterocycles. The third-order valence-electron chi connectivity index (χ3n) is 2.44. The van der Waals surface area contributed by atoms with Crippen molar-refractivity contribution < 1.29 is 9.90 Å². The normalized spacial score (nSPS) is 10.3. The molecule has 0 radical (unpaired) electrons. The van der Waals surface area contributed by atoms with Crippen molar-refractivity contribution in [2.75, 3.05) is 5.73 Å². The van der Waals surface area contributed by atoms with Crippen LogP contribution < -0.4 is 5.73 Å². The smallest absolute Gasteiger partial charge is 0.335 e. The van der Waals surface area contributed by atoms with E-state index in [4.69, 9.17) is 22.4 Å². The lowest BCUT2D eigenvalue weighted by Crippen LogP contribution is -2.01. The van der Waals surface area contributed by atoms with Crippen molar-refractivity contribution >= 4 is 23.3 Å². The number of carbonyl (C=O) groups is 1. The van der Waals surface area contributed by atoms with Crippen LogP contribution in [-0.2, 0) is 6.42 Å². The van der Waals surface area contributed by atoms with Crippen molar-refractivity contribution in [3.63, 3.8) is 0 Å². The Labute approximate surface area is 109 Å². The largest absolute Gasteiger partial charge is 0.478 e. The Morgan fingerprint density at radius 3 is 2.72 bits per heavy atom. The zero-order valence-corrected chi connectivity index (χ0v) is 10.2. The van der Waals surface area contributed by atoms with Gasteiger partial charge in [-0.15, -0.1) is 0 Å². The molecule has 0 fully saturated rings. The second-order valence-electron chi connectivity index (χ2n) is 3.91. The van der Waals surface area contributed by atoms with Gasteiger partial charge < -0.3 is 10.8 Å².